The molecule has 5 rings (SSSR count). The number of pyridine rings is 1. The molecule has 1 unspecified atom stereocenters. The fourth-order valence-corrected chi connectivity index (χ4v) is 3.57. The lowest BCUT2D eigenvalue weighted by Crippen LogP contribution is -2.70. The van der Waals surface area contributed by atoms with E-state index in [1.807, 2.05) is 12.1 Å². The van der Waals surface area contributed by atoms with Gasteiger partial charge in [-0.25, -0.2) is 4.79 Å². The van der Waals surface area contributed by atoms with Crippen LogP contribution in [0.3, 0.4) is 0 Å². The van der Waals surface area contributed by atoms with E-state index >= 15 is 0 Å². The minimum absolute atomic E-state index is 0.100. The van der Waals surface area contributed by atoms with Gasteiger partial charge in [-0.15, -0.1) is 0 Å². The molecule has 6 nitrogen and oxygen atoms in total. The summed E-state index contributed by atoms with van der Waals surface area (Å²) in [6.07, 6.45) is 4.82. The molecule has 1 aliphatic carbocycles. The van der Waals surface area contributed by atoms with Gasteiger partial charge in [0.1, 0.15) is 5.54 Å². The predicted octanol–water partition coefficient (Wildman–Crippen LogP) is 0.940. The van der Waals surface area contributed by atoms with Crippen molar-refractivity contribution in [2.24, 2.45) is 5.92 Å². The first-order valence-corrected chi connectivity index (χ1v) is 7.08. The quantitative estimate of drug-likeness (QED) is 0.849. The third-order valence-electron chi connectivity index (χ3n) is 4.87. The number of nitrogens with one attached hydrogen (secondary N) is 2. The molecule has 4 fully saturated rings. The van der Waals surface area contributed by atoms with E-state index < -0.39 is 5.54 Å². The van der Waals surface area contributed by atoms with Gasteiger partial charge in [0.25, 0.3) is 0 Å². The maximum absolute atomic E-state index is 12.3. The lowest BCUT2D eigenvalue weighted by molar-refractivity contribution is -0.143. The third-order valence-corrected chi connectivity index (χ3v) is 4.87. The highest BCUT2D eigenvalue weighted by atomic mass is 16.2. The fraction of sp³-hybridized carbons (Fsp3) is 0.400. The first kappa shape index (κ1) is 12.4. The van der Waals surface area contributed by atoms with Gasteiger partial charge in [-0.2, -0.15) is 0 Å². The first-order chi connectivity index (χ1) is 10.1. The molecule has 108 valence electrons. The van der Waals surface area contributed by atoms with Crippen molar-refractivity contribution < 1.29 is 9.59 Å². The summed E-state index contributed by atoms with van der Waals surface area (Å²) in [5.74, 6) is 0.199. The number of aromatic nitrogens is 1. The van der Waals surface area contributed by atoms with E-state index in [4.69, 9.17) is 0 Å². The molecule has 3 amide bonds. The minimum Gasteiger partial charge on any atom is -0.329 e. The summed E-state index contributed by atoms with van der Waals surface area (Å²) in [7, 11) is 0. The molecule has 0 spiro atoms. The molecule has 2 bridgehead atoms. The van der Waals surface area contributed by atoms with E-state index in [0.717, 1.165) is 11.3 Å². The van der Waals surface area contributed by atoms with E-state index in [2.05, 4.69) is 22.2 Å². The number of carbonyl (C=O) groups is 2. The lowest BCUT2D eigenvalue weighted by atomic mass is 9.62. The number of nitrogens with zero attached hydrogens (tertiary/aromatic N) is 2. The molecular formula is C15H16N4O2. The Hall–Kier alpha value is -2.37. The maximum Gasteiger partial charge on any atom is 0.318 e. The normalized spacial score (nSPS) is 34.3. The number of hydrogen-bond donors (Lipinski definition) is 2. The van der Waals surface area contributed by atoms with Crippen molar-refractivity contribution in [3.05, 3.63) is 42.4 Å². The molecule has 1 atom stereocenters. The van der Waals surface area contributed by atoms with E-state index in [-0.39, 0.29) is 18.0 Å². The van der Waals surface area contributed by atoms with Gasteiger partial charge in [0.2, 0.25) is 5.91 Å². The molecule has 4 aliphatic rings. The molecule has 1 aromatic rings. The summed E-state index contributed by atoms with van der Waals surface area (Å²) in [6, 6.07) is 3.49. The van der Waals surface area contributed by atoms with Gasteiger partial charge >= 0.3 is 6.03 Å². The van der Waals surface area contributed by atoms with Gasteiger partial charge in [-0.1, -0.05) is 12.6 Å². The van der Waals surface area contributed by atoms with Crippen LogP contribution in [0.2, 0.25) is 0 Å². The monoisotopic (exact) mass is 284 g/mol. The zero-order chi connectivity index (χ0) is 14.6. The summed E-state index contributed by atoms with van der Waals surface area (Å²) < 4.78 is 0. The van der Waals surface area contributed by atoms with Crippen molar-refractivity contribution in [1.29, 1.82) is 0 Å². The predicted molar refractivity (Wildman–Crippen MR) is 75.0 cm³/mol. The Bertz CT molecular complexity index is 636. The zero-order valence-electron chi connectivity index (χ0n) is 11.5. The molecule has 3 aliphatic heterocycles. The maximum atomic E-state index is 12.3. The molecule has 4 heterocycles. The topological polar surface area (TPSA) is 74.3 Å². The van der Waals surface area contributed by atoms with Crippen LogP contribution >= 0.6 is 0 Å². The minimum atomic E-state index is -0.688. The fourth-order valence-electron chi connectivity index (χ4n) is 3.57. The molecule has 0 aromatic carbocycles. The van der Waals surface area contributed by atoms with E-state index in [9.17, 15) is 9.59 Å². The molecule has 21 heavy (non-hydrogen) atoms. The Morgan fingerprint density at radius 3 is 2.86 bits per heavy atom. The van der Waals surface area contributed by atoms with Crippen LogP contribution in [-0.2, 0) is 4.79 Å². The van der Waals surface area contributed by atoms with Gasteiger partial charge in [0.05, 0.1) is 6.04 Å². The molecule has 2 N–H and O–H groups in total. The van der Waals surface area contributed by atoms with Crippen LogP contribution in [-0.4, -0.2) is 33.9 Å². The average molecular weight is 284 g/mol. The van der Waals surface area contributed by atoms with Crippen molar-refractivity contribution in [1.82, 2.24) is 20.5 Å². The highest BCUT2D eigenvalue weighted by Crippen LogP contribution is 2.50. The number of urea groups is 1. The number of hydrogen-bond acceptors (Lipinski definition) is 3. The van der Waals surface area contributed by atoms with Crippen molar-refractivity contribution >= 4 is 11.9 Å². The molecule has 1 aromatic heterocycles. The SMILES string of the molecule is C=C1NC(=O)C2(N3CC(c4cccnc4)NC3=O)CC1C2. The third kappa shape index (κ3) is 1.62. The number of amides is 3. The summed E-state index contributed by atoms with van der Waals surface area (Å²) in [4.78, 5) is 30.4. The van der Waals surface area contributed by atoms with Gasteiger partial charge in [-0.05, 0) is 24.5 Å². The smallest absolute Gasteiger partial charge is 0.318 e. The largest absolute Gasteiger partial charge is 0.329 e. The van der Waals surface area contributed by atoms with Crippen LogP contribution in [0.5, 0.6) is 0 Å². The number of piperidine rings is 2. The Kier molecular flexibility index (Phi) is 2.40. The van der Waals surface area contributed by atoms with E-state index in [1.165, 1.54) is 0 Å². The standard InChI is InChI=1S/C15H16N4O2/c1-9-11-5-15(6-11,13(20)17-9)19-8-12(18-14(19)21)10-3-2-4-16-7-10/h2-4,7,11-12H,1,5-6,8H2,(H,17,20)(H,18,21). The van der Waals surface area contributed by atoms with Crippen LogP contribution in [0, 0.1) is 5.92 Å². The molecule has 1 saturated carbocycles. The molecule has 0 radical (unpaired) electrons. The summed E-state index contributed by atoms with van der Waals surface area (Å²) in [6.45, 7) is 4.36. The molecule has 3 saturated heterocycles. The van der Waals surface area contributed by atoms with Crippen LogP contribution in [0.15, 0.2) is 36.8 Å². The Balaban J connectivity index is 1.59. The lowest BCUT2D eigenvalue weighted by Gasteiger charge is -2.55. The van der Waals surface area contributed by atoms with Crippen molar-refractivity contribution in [3.8, 4) is 0 Å². The van der Waals surface area contributed by atoms with Gasteiger partial charge in [-0.3, -0.25) is 9.78 Å². The highest BCUT2D eigenvalue weighted by Gasteiger charge is 2.61. The second kappa shape index (κ2) is 4.07. The van der Waals surface area contributed by atoms with Crippen LogP contribution in [0.25, 0.3) is 0 Å². The number of fused-ring (bicyclic) bond motifs is 2. The van der Waals surface area contributed by atoms with Gasteiger partial charge in [0, 0.05) is 30.6 Å². The summed E-state index contributed by atoms with van der Waals surface area (Å²) in [5, 5.41) is 5.75. The van der Waals surface area contributed by atoms with Gasteiger partial charge < -0.3 is 15.5 Å². The van der Waals surface area contributed by atoms with Crippen molar-refractivity contribution in [3.63, 3.8) is 0 Å². The van der Waals surface area contributed by atoms with Crippen LogP contribution < -0.4 is 10.6 Å². The van der Waals surface area contributed by atoms with Crippen molar-refractivity contribution in [2.75, 3.05) is 6.54 Å². The van der Waals surface area contributed by atoms with Crippen molar-refractivity contribution in [2.45, 2.75) is 24.4 Å². The van der Waals surface area contributed by atoms with E-state index in [1.54, 1.807) is 17.3 Å². The van der Waals surface area contributed by atoms with Gasteiger partial charge in [0.15, 0.2) is 0 Å². The number of rotatable bonds is 2. The van der Waals surface area contributed by atoms with E-state index in [0.29, 0.717) is 25.3 Å². The summed E-state index contributed by atoms with van der Waals surface area (Å²) >= 11 is 0. The summed E-state index contributed by atoms with van der Waals surface area (Å²) in [5.41, 5.74) is 1.05. The average Bonchev–Trinajstić information content (AvgIpc) is 2.81. The number of allylic oxidation sites excluding steroid dienone is 1. The Labute approximate surface area is 122 Å². The highest BCUT2D eigenvalue weighted by molar-refractivity contribution is 5.95. The second-order valence-electron chi connectivity index (χ2n) is 6.02. The number of carbonyl (C=O) groups excluding carboxylic acids is 2. The zero-order valence-corrected chi connectivity index (χ0v) is 11.5. The van der Waals surface area contributed by atoms with Crippen LogP contribution in [0.1, 0.15) is 24.4 Å². The Morgan fingerprint density at radius 1 is 1.38 bits per heavy atom. The molecular weight excluding hydrogens is 268 g/mol. The second-order valence-corrected chi connectivity index (χ2v) is 6.02. The van der Waals surface area contributed by atoms with Crippen LogP contribution in [0.4, 0.5) is 4.79 Å². The Morgan fingerprint density at radius 2 is 2.19 bits per heavy atom. The first-order valence-electron chi connectivity index (χ1n) is 7.08. The molecule has 6 heteroatoms.